The Morgan fingerprint density at radius 2 is 1.72 bits per heavy atom. The van der Waals surface area contributed by atoms with Crippen LogP contribution >= 0.6 is 0 Å². The number of aryl methyl sites for hydroxylation is 1. The number of hydrogen-bond donors (Lipinski definition) is 1. The number of rotatable bonds is 10. The molecule has 11 nitrogen and oxygen atoms in total. The third-order valence-electron chi connectivity index (χ3n) is 5.78. The number of aromatic nitrogens is 4. The third kappa shape index (κ3) is 5.29. The molecule has 0 unspecified atom stereocenters. The molecule has 3 aromatic rings. The van der Waals surface area contributed by atoms with Gasteiger partial charge in [0.05, 0.1) is 5.39 Å². The van der Waals surface area contributed by atoms with Gasteiger partial charge >= 0.3 is 11.7 Å². The van der Waals surface area contributed by atoms with Crippen LogP contribution in [0.15, 0.2) is 38.6 Å². The van der Waals surface area contributed by atoms with E-state index in [1.165, 1.54) is 11.7 Å². The first-order valence-electron chi connectivity index (χ1n) is 11.9. The molecule has 0 aliphatic rings. The van der Waals surface area contributed by atoms with E-state index in [1.54, 1.807) is 24.3 Å². The summed E-state index contributed by atoms with van der Waals surface area (Å²) in [6.45, 7) is 5.50. The van der Waals surface area contributed by atoms with Crippen LogP contribution in [0.4, 0.5) is 5.82 Å². The van der Waals surface area contributed by atoms with E-state index in [4.69, 9.17) is 10.5 Å². The van der Waals surface area contributed by atoms with E-state index in [2.05, 4.69) is 5.10 Å². The van der Waals surface area contributed by atoms with Crippen LogP contribution in [0.3, 0.4) is 0 Å². The Morgan fingerprint density at radius 1 is 1.06 bits per heavy atom. The van der Waals surface area contributed by atoms with Gasteiger partial charge in [-0.2, -0.15) is 5.10 Å². The number of fused-ring (bicyclic) bond motifs is 1. The van der Waals surface area contributed by atoms with Gasteiger partial charge in [-0.15, -0.1) is 0 Å². The smallest absolute Gasteiger partial charge is 0.359 e. The van der Waals surface area contributed by atoms with Crippen LogP contribution in [0.5, 0.6) is 0 Å². The first-order chi connectivity index (χ1) is 17.1. The summed E-state index contributed by atoms with van der Waals surface area (Å²) < 4.78 is 8.40. The number of nitrogens with two attached hydrogens (primary N) is 1. The van der Waals surface area contributed by atoms with Gasteiger partial charge in [-0.05, 0) is 18.4 Å². The summed E-state index contributed by atoms with van der Waals surface area (Å²) >= 11 is 0. The maximum absolute atomic E-state index is 13.0. The predicted octanol–water partition coefficient (Wildman–Crippen LogP) is 1.72. The fourth-order valence-corrected chi connectivity index (χ4v) is 3.91. The van der Waals surface area contributed by atoms with Crippen molar-refractivity contribution in [2.24, 2.45) is 13.0 Å². The molecule has 0 saturated heterocycles. The minimum absolute atomic E-state index is 0.0237. The van der Waals surface area contributed by atoms with Gasteiger partial charge in [0.2, 0.25) is 5.78 Å². The minimum atomic E-state index is -0.922. The Morgan fingerprint density at radius 3 is 2.36 bits per heavy atom. The summed E-state index contributed by atoms with van der Waals surface area (Å²) in [4.78, 5) is 63.8. The van der Waals surface area contributed by atoms with E-state index in [0.29, 0.717) is 23.7 Å². The van der Waals surface area contributed by atoms with Gasteiger partial charge in [-0.25, -0.2) is 14.3 Å². The van der Waals surface area contributed by atoms with Crippen LogP contribution in [0, 0.1) is 5.92 Å². The average molecular weight is 498 g/mol. The van der Waals surface area contributed by atoms with E-state index in [1.807, 2.05) is 20.8 Å². The topological polar surface area (TPSA) is 148 Å². The zero-order chi connectivity index (χ0) is 26.6. The van der Waals surface area contributed by atoms with Crippen LogP contribution in [0.1, 0.15) is 60.9 Å². The van der Waals surface area contributed by atoms with Crippen molar-refractivity contribution in [2.45, 2.75) is 53.1 Å². The highest BCUT2D eigenvalue weighted by Gasteiger charge is 2.24. The molecule has 0 bridgehead atoms. The number of nitrogens with zero attached hydrogens (tertiary/aromatic N) is 4. The molecule has 2 aromatic heterocycles. The molecule has 0 aliphatic carbocycles. The Kier molecular flexibility index (Phi) is 8.23. The molecule has 0 radical (unpaired) electrons. The van der Waals surface area contributed by atoms with Crippen molar-refractivity contribution in [3.8, 4) is 0 Å². The van der Waals surface area contributed by atoms with Crippen LogP contribution < -0.4 is 22.5 Å². The molecule has 0 aliphatic heterocycles. The first-order valence-corrected chi connectivity index (χ1v) is 11.9. The normalized spacial score (nSPS) is 11.2. The molecule has 3 rings (SSSR count). The maximum atomic E-state index is 13.0. The van der Waals surface area contributed by atoms with Crippen molar-refractivity contribution in [1.82, 2.24) is 18.9 Å². The average Bonchev–Trinajstić information content (AvgIpc) is 2.85. The third-order valence-corrected chi connectivity index (χ3v) is 5.78. The van der Waals surface area contributed by atoms with E-state index in [0.717, 1.165) is 22.0 Å². The summed E-state index contributed by atoms with van der Waals surface area (Å²) in [5, 5.41) is 4.82. The summed E-state index contributed by atoms with van der Waals surface area (Å²) in [7, 11) is 1.25. The standard InChI is InChI=1S/C25H31N5O6/c1-5-6-9-12-30-22(32)17-11-8-7-10-16(17)20(27-30)24(34)36-14-18(31)19-21(26)29(13-15(2)3)25(35)28(4)23(19)33/h7-8,10-11,15H,5-6,9,12-14,26H2,1-4H3. The Bertz CT molecular complexity index is 1480. The lowest BCUT2D eigenvalue weighted by atomic mass is 10.1. The van der Waals surface area contributed by atoms with Crippen LogP contribution in [0.2, 0.25) is 0 Å². The largest absolute Gasteiger partial charge is 0.452 e. The van der Waals surface area contributed by atoms with Crippen molar-refractivity contribution in [3.05, 3.63) is 66.7 Å². The second kappa shape index (κ2) is 11.1. The van der Waals surface area contributed by atoms with E-state index < -0.39 is 35.2 Å². The van der Waals surface area contributed by atoms with E-state index in [-0.39, 0.29) is 29.5 Å². The lowest BCUT2D eigenvalue weighted by Crippen LogP contribution is -2.43. The lowest BCUT2D eigenvalue weighted by Gasteiger charge is -2.16. The van der Waals surface area contributed by atoms with Gasteiger partial charge < -0.3 is 10.5 Å². The van der Waals surface area contributed by atoms with Gasteiger partial charge in [0.25, 0.3) is 11.1 Å². The molecule has 0 amide bonds. The summed E-state index contributed by atoms with van der Waals surface area (Å²) in [6, 6.07) is 6.52. The molecule has 2 heterocycles. The Hall–Kier alpha value is -4.02. The highest BCUT2D eigenvalue weighted by Crippen LogP contribution is 2.15. The molecule has 11 heteroatoms. The maximum Gasteiger partial charge on any atom is 0.359 e. The summed E-state index contributed by atoms with van der Waals surface area (Å²) in [5.74, 6) is -2.02. The van der Waals surface area contributed by atoms with Crippen molar-refractivity contribution in [2.75, 3.05) is 12.3 Å². The van der Waals surface area contributed by atoms with Crippen molar-refractivity contribution >= 4 is 28.3 Å². The van der Waals surface area contributed by atoms with Gasteiger partial charge in [-0.1, -0.05) is 51.8 Å². The number of carbonyl (C=O) groups is 2. The lowest BCUT2D eigenvalue weighted by molar-refractivity contribution is 0.0468. The molecule has 0 saturated carbocycles. The van der Waals surface area contributed by atoms with Crippen molar-refractivity contribution in [1.29, 1.82) is 0 Å². The van der Waals surface area contributed by atoms with E-state index in [9.17, 15) is 24.0 Å². The fourth-order valence-electron chi connectivity index (χ4n) is 3.91. The first kappa shape index (κ1) is 26.6. The van der Waals surface area contributed by atoms with Gasteiger partial charge in [0, 0.05) is 25.5 Å². The molecule has 0 fully saturated rings. The quantitative estimate of drug-likeness (QED) is 0.253. The Balaban J connectivity index is 1.93. The highest BCUT2D eigenvalue weighted by atomic mass is 16.5. The number of hydrogen-bond acceptors (Lipinski definition) is 8. The molecule has 192 valence electrons. The monoisotopic (exact) mass is 497 g/mol. The number of benzene rings is 1. The van der Waals surface area contributed by atoms with Gasteiger partial charge in [0.15, 0.2) is 12.3 Å². The Labute approximate surface area is 207 Å². The molecule has 2 N–H and O–H groups in total. The van der Waals surface area contributed by atoms with Crippen LogP contribution in [0.25, 0.3) is 10.8 Å². The second-order valence-corrected chi connectivity index (χ2v) is 9.04. The number of esters is 1. The SMILES string of the molecule is CCCCCn1nc(C(=O)OCC(=O)c2c(N)n(CC(C)C)c(=O)n(C)c2=O)c2ccccc2c1=O. The zero-order valence-corrected chi connectivity index (χ0v) is 20.9. The van der Waals surface area contributed by atoms with Crippen LogP contribution in [-0.2, 0) is 24.9 Å². The minimum Gasteiger partial charge on any atom is -0.452 e. The van der Waals surface area contributed by atoms with Crippen molar-refractivity contribution in [3.63, 3.8) is 0 Å². The number of carbonyl (C=O) groups excluding carboxylic acids is 2. The van der Waals surface area contributed by atoms with Gasteiger partial charge in [-0.3, -0.25) is 23.5 Å². The van der Waals surface area contributed by atoms with Crippen molar-refractivity contribution < 1.29 is 14.3 Å². The second-order valence-electron chi connectivity index (χ2n) is 9.04. The number of anilines is 1. The number of ether oxygens (including phenoxy) is 1. The number of nitrogen functional groups attached to an aromatic ring is 1. The zero-order valence-electron chi connectivity index (χ0n) is 20.9. The molecular formula is C25H31N5O6. The number of ketones is 1. The predicted molar refractivity (Wildman–Crippen MR) is 135 cm³/mol. The molecular weight excluding hydrogens is 466 g/mol. The number of unbranched alkanes of at least 4 members (excludes halogenated alkanes) is 2. The summed E-state index contributed by atoms with van der Waals surface area (Å²) in [5.41, 5.74) is 3.66. The highest BCUT2D eigenvalue weighted by molar-refractivity contribution is 6.05. The molecule has 36 heavy (non-hydrogen) atoms. The summed E-state index contributed by atoms with van der Waals surface area (Å²) in [6.07, 6.45) is 2.56. The fraction of sp³-hybridized carbons (Fsp3) is 0.440. The van der Waals surface area contributed by atoms with Gasteiger partial charge in [0.1, 0.15) is 11.4 Å². The van der Waals surface area contributed by atoms with Crippen LogP contribution in [-0.4, -0.2) is 37.3 Å². The molecule has 0 spiro atoms. The number of Topliss-reactive ketones (excluding diaryl/α,β-unsaturated/α-hetero) is 1. The molecule has 0 atom stereocenters. The molecule has 1 aromatic carbocycles. The van der Waals surface area contributed by atoms with E-state index >= 15 is 0 Å².